The molecule has 96 valence electrons. The van der Waals surface area contributed by atoms with Gasteiger partial charge in [-0.2, -0.15) is 0 Å². The lowest BCUT2D eigenvalue weighted by Gasteiger charge is -2.21. The molecule has 1 fully saturated rings. The van der Waals surface area contributed by atoms with Crippen molar-refractivity contribution in [3.8, 4) is 0 Å². The molecular formula is C13H20O4. The maximum Gasteiger partial charge on any atom is 0.313 e. The molecular weight excluding hydrogens is 220 g/mol. The highest BCUT2D eigenvalue weighted by Gasteiger charge is 2.31. The highest BCUT2D eigenvalue weighted by molar-refractivity contribution is 6.08. The minimum absolute atomic E-state index is 0.0233. The SMILES string of the molecule is CC(C)(C)OC(=O)CC(=O)C1CCCCC1=O. The second-order valence-electron chi connectivity index (χ2n) is 5.49. The van der Waals surface area contributed by atoms with Gasteiger partial charge in [0.25, 0.3) is 0 Å². The van der Waals surface area contributed by atoms with Crippen LogP contribution < -0.4 is 0 Å². The zero-order chi connectivity index (χ0) is 13.1. The van der Waals surface area contributed by atoms with Crippen LogP contribution in [0.1, 0.15) is 52.9 Å². The molecule has 0 aromatic heterocycles. The minimum atomic E-state index is -0.589. The zero-order valence-electron chi connectivity index (χ0n) is 10.7. The van der Waals surface area contributed by atoms with Crippen LogP contribution in [-0.4, -0.2) is 23.1 Å². The number of rotatable bonds is 3. The predicted octanol–water partition coefficient (Wildman–Crippen LogP) is 2.05. The third-order valence-corrected chi connectivity index (χ3v) is 2.68. The van der Waals surface area contributed by atoms with Gasteiger partial charge in [0, 0.05) is 6.42 Å². The molecule has 0 saturated heterocycles. The topological polar surface area (TPSA) is 60.4 Å². The molecule has 0 aliphatic heterocycles. The summed E-state index contributed by atoms with van der Waals surface area (Å²) in [7, 11) is 0. The Labute approximate surface area is 102 Å². The van der Waals surface area contributed by atoms with E-state index >= 15 is 0 Å². The summed E-state index contributed by atoms with van der Waals surface area (Å²) in [5.41, 5.74) is -0.589. The number of ether oxygens (including phenoxy) is 1. The molecule has 0 aromatic rings. The number of ketones is 2. The third kappa shape index (κ3) is 4.67. The molecule has 0 aromatic carbocycles. The fourth-order valence-corrected chi connectivity index (χ4v) is 1.97. The van der Waals surface area contributed by atoms with Crippen LogP contribution in [0.5, 0.6) is 0 Å². The Morgan fingerprint density at radius 3 is 2.47 bits per heavy atom. The van der Waals surface area contributed by atoms with Crippen LogP contribution in [0.4, 0.5) is 0 Å². The Kier molecular flexibility index (Phi) is 4.43. The summed E-state index contributed by atoms with van der Waals surface area (Å²) in [4.78, 5) is 34.8. The maximum atomic E-state index is 11.8. The summed E-state index contributed by atoms with van der Waals surface area (Å²) in [6.45, 7) is 5.25. The van der Waals surface area contributed by atoms with E-state index in [2.05, 4.69) is 0 Å². The minimum Gasteiger partial charge on any atom is -0.460 e. The fourth-order valence-electron chi connectivity index (χ4n) is 1.97. The van der Waals surface area contributed by atoms with Crippen molar-refractivity contribution >= 4 is 17.5 Å². The first-order valence-electron chi connectivity index (χ1n) is 6.07. The number of carbonyl (C=O) groups excluding carboxylic acids is 3. The van der Waals surface area contributed by atoms with E-state index in [1.54, 1.807) is 20.8 Å². The molecule has 0 heterocycles. The monoisotopic (exact) mass is 240 g/mol. The fraction of sp³-hybridized carbons (Fsp3) is 0.769. The number of hydrogen-bond acceptors (Lipinski definition) is 4. The van der Waals surface area contributed by atoms with E-state index in [1.807, 2.05) is 0 Å². The Hall–Kier alpha value is -1.19. The van der Waals surface area contributed by atoms with E-state index in [4.69, 9.17) is 4.74 Å². The highest BCUT2D eigenvalue weighted by Crippen LogP contribution is 2.22. The van der Waals surface area contributed by atoms with Crippen molar-refractivity contribution in [2.24, 2.45) is 5.92 Å². The van der Waals surface area contributed by atoms with Crippen LogP contribution in [0, 0.1) is 5.92 Å². The quantitative estimate of drug-likeness (QED) is 0.559. The lowest BCUT2D eigenvalue weighted by atomic mass is 9.84. The van der Waals surface area contributed by atoms with E-state index in [-0.39, 0.29) is 18.0 Å². The van der Waals surface area contributed by atoms with Gasteiger partial charge in [-0.25, -0.2) is 0 Å². The molecule has 1 saturated carbocycles. The molecule has 0 N–H and O–H groups in total. The van der Waals surface area contributed by atoms with E-state index in [9.17, 15) is 14.4 Å². The number of Topliss-reactive ketones (excluding diaryl/α,β-unsaturated/α-hetero) is 2. The van der Waals surface area contributed by atoms with E-state index in [0.717, 1.165) is 12.8 Å². The van der Waals surface area contributed by atoms with Gasteiger partial charge in [-0.1, -0.05) is 6.42 Å². The van der Waals surface area contributed by atoms with Crippen molar-refractivity contribution in [1.29, 1.82) is 0 Å². The molecule has 1 aliphatic carbocycles. The number of esters is 1. The standard InChI is InChI=1S/C13H20O4/c1-13(2,3)17-12(16)8-11(15)9-6-4-5-7-10(9)14/h9H,4-8H2,1-3H3. The van der Waals surface area contributed by atoms with Crippen LogP contribution in [0.3, 0.4) is 0 Å². The van der Waals surface area contributed by atoms with Gasteiger partial charge < -0.3 is 4.74 Å². The van der Waals surface area contributed by atoms with Crippen LogP contribution in [0.25, 0.3) is 0 Å². The van der Waals surface area contributed by atoms with Gasteiger partial charge in [0.2, 0.25) is 0 Å². The Bertz CT molecular complexity index is 325. The molecule has 17 heavy (non-hydrogen) atoms. The highest BCUT2D eigenvalue weighted by atomic mass is 16.6. The second-order valence-corrected chi connectivity index (χ2v) is 5.49. The Balaban J connectivity index is 2.48. The van der Waals surface area contributed by atoms with E-state index in [0.29, 0.717) is 12.8 Å². The van der Waals surface area contributed by atoms with Crippen LogP contribution in [-0.2, 0) is 19.1 Å². The van der Waals surface area contributed by atoms with Crippen molar-refractivity contribution in [2.45, 2.75) is 58.5 Å². The first-order chi connectivity index (χ1) is 7.79. The van der Waals surface area contributed by atoms with Gasteiger partial charge >= 0.3 is 5.97 Å². The summed E-state index contributed by atoms with van der Waals surface area (Å²) in [5, 5.41) is 0. The zero-order valence-corrected chi connectivity index (χ0v) is 10.7. The predicted molar refractivity (Wildman–Crippen MR) is 62.4 cm³/mol. The van der Waals surface area contributed by atoms with Crippen molar-refractivity contribution in [3.05, 3.63) is 0 Å². The van der Waals surface area contributed by atoms with Crippen molar-refractivity contribution < 1.29 is 19.1 Å². The van der Waals surface area contributed by atoms with Gasteiger partial charge in [-0.05, 0) is 33.6 Å². The van der Waals surface area contributed by atoms with Gasteiger partial charge in [0.15, 0.2) is 5.78 Å². The Morgan fingerprint density at radius 2 is 1.94 bits per heavy atom. The van der Waals surface area contributed by atoms with Crippen molar-refractivity contribution in [3.63, 3.8) is 0 Å². The first kappa shape index (κ1) is 13.9. The van der Waals surface area contributed by atoms with E-state index < -0.39 is 17.5 Å². The molecule has 1 atom stereocenters. The molecule has 0 spiro atoms. The van der Waals surface area contributed by atoms with Gasteiger partial charge in [0.05, 0.1) is 5.92 Å². The van der Waals surface area contributed by atoms with Gasteiger partial charge in [-0.15, -0.1) is 0 Å². The second kappa shape index (κ2) is 5.43. The molecule has 4 heteroatoms. The van der Waals surface area contributed by atoms with E-state index in [1.165, 1.54) is 0 Å². The smallest absolute Gasteiger partial charge is 0.313 e. The maximum absolute atomic E-state index is 11.8. The van der Waals surface area contributed by atoms with Crippen LogP contribution >= 0.6 is 0 Å². The lowest BCUT2D eigenvalue weighted by Crippen LogP contribution is -2.31. The molecule has 0 amide bonds. The van der Waals surface area contributed by atoms with Gasteiger partial charge in [0.1, 0.15) is 17.8 Å². The summed E-state index contributed by atoms with van der Waals surface area (Å²) in [6, 6.07) is 0. The molecule has 0 bridgehead atoms. The third-order valence-electron chi connectivity index (χ3n) is 2.68. The normalized spacial score (nSPS) is 21.1. The van der Waals surface area contributed by atoms with Crippen molar-refractivity contribution in [1.82, 2.24) is 0 Å². The average molecular weight is 240 g/mol. The van der Waals surface area contributed by atoms with Crippen molar-refractivity contribution in [2.75, 3.05) is 0 Å². The molecule has 1 aliphatic rings. The Morgan fingerprint density at radius 1 is 1.29 bits per heavy atom. The molecule has 4 nitrogen and oxygen atoms in total. The summed E-state index contributed by atoms with van der Waals surface area (Å²) in [6.07, 6.45) is 2.50. The largest absolute Gasteiger partial charge is 0.460 e. The van der Waals surface area contributed by atoms with Gasteiger partial charge in [-0.3, -0.25) is 14.4 Å². The molecule has 1 unspecified atom stereocenters. The molecule has 1 rings (SSSR count). The lowest BCUT2D eigenvalue weighted by molar-refractivity contribution is -0.156. The number of carbonyl (C=O) groups is 3. The average Bonchev–Trinajstić information content (AvgIpc) is 2.14. The summed E-state index contributed by atoms with van der Waals surface area (Å²) in [5.74, 6) is -1.43. The summed E-state index contributed by atoms with van der Waals surface area (Å²) >= 11 is 0. The summed E-state index contributed by atoms with van der Waals surface area (Å²) < 4.78 is 5.06. The molecule has 0 radical (unpaired) electrons. The van der Waals surface area contributed by atoms with Crippen LogP contribution in [0.2, 0.25) is 0 Å². The number of hydrogen-bond donors (Lipinski definition) is 0. The van der Waals surface area contributed by atoms with Crippen LogP contribution in [0.15, 0.2) is 0 Å². The first-order valence-corrected chi connectivity index (χ1v) is 6.07.